The third kappa shape index (κ3) is 4.65. The molecule has 2 N–H and O–H groups in total. The Kier molecular flexibility index (Phi) is 6.24. The van der Waals surface area contributed by atoms with Crippen LogP contribution in [0.3, 0.4) is 0 Å². The molecule has 2 saturated heterocycles. The maximum atomic E-state index is 14.9. The molecule has 2 aliphatic heterocycles. The van der Waals surface area contributed by atoms with Crippen LogP contribution in [0.15, 0.2) is 36.0 Å². The molecule has 2 saturated carbocycles. The number of amides is 4. The lowest BCUT2D eigenvalue weighted by Crippen LogP contribution is -2.65. The van der Waals surface area contributed by atoms with E-state index in [1.54, 1.807) is 27.4 Å². The number of hydrazine groups is 1. The van der Waals surface area contributed by atoms with Crippen molar-refractivity contribution < 1.29 is 28.0 Å². The highest BCUT2D eigenvalue weighted by Crippen LogP contribution is 2.54. The van der Waals surface area contributed by atoms with Crippen molar-refractivity contribution in [2.45, 2.75) is 45.0 Å². The summed E-state index contributed by atoms with van der Waals surface area (Å²) in [6, 6.07) is 5.70. The molecule has 6 rings (SSSR count). The second-order valence-corrected chi connectivity index (χ2v) is 13.2. The van der Waals surface area contributed by atoms with E-state index in [1.807, 2.05) is 19.3 Å². The van der Waals surface area contributed by atoms with Crippen molar-refractivity contribution in [2.24, 2.45) is 22.7 Å². The fourth-order valence-electron chi connectivity index (χ4n) is 6.06. The molecule has 9 nitrogen and oxygen atoms in total. The molecule has 12 heteroatoms. The molecule has 1 spiro atoms. The number of alkyl halides is 2. The molecule has 2 aromatic rings. The van der Waals surface area contributed by atoms with E-state index in [2.05, 4.69) is 10.4 Å². The Labute approximate surface area is 234 Å². The predicted molar refractivity (Wildman–Crippen MR) is 141 cm³/mol. The Balaban J connectivity index is 1.13. The van der Waals surface area contributed by atoms with E-state index in [0.717, 1.165) is 24.8 Å². The number of halogens is 2. The van der Waals surface area contributed by atoms with E-state index >= 15 is 0 Å². The molecule has 4 amide bonds. The highest BCUT2D eigenvalue weighted by molar-refractivity contribution is 7.11. The molecule has 0 bridgehead atoms. The van der Waals surface area contributed by atoms with Gasteiger partial charge in [-0.2, -0.15) is 8.78 Å². The molecule has 4 fully saturated rings. The number of carbonyl (C=O) groups is 4. The second-order valence-electron chi connectivity index (χ2n) is 12.3. The minimum Gasteiger partial charge on any atom is -0.341 e. The van der Waals surface area contributed by atoms with Crippen molar-refractivity contribution in [3.8, 4) is 0 Å². The summed E-state index contributed by atoms with van der Waals surface area (Å²) in [5.74, 6) is -6.89. The van der Waals surface area contributed by atoms with Crippen molar-refractivity contribution in [1.29, 1.82) is 0 Å². The number of thiazole rings is 1. The van der Waals surface area contributed by atoms with Crippen molar-refractivity contribution >= 4 is 35.0 Å². The van der Waals surface area contributed by atoms with Gasteiger partial charge < -0.3 is 9.80 Å². The van der Waals surface area contributed by atoms with Crippen LogP contribution < -0.4 is 10.9 Å². The third-order valence-corrected chi connectivity index (χ3v) is 9.70. The standard InChI is InChI=1S/C28H31F2N5O4S/c1-26(2)9-19(26)23(37)35-13-27(14-35)12-34(24(38)21-10-31-15-40-21)11-20(27)22(36)32-33-25(39)28(29,30)18-7-5-17(6-8-18)16-3-4-16/h5-8,10,15-16,19-20H,3-4,9,11-14H2,1-2H3,(H,32,36)(H,33,39)/t19-,20?/m1/s1. The monoisotopic (exact) mass is 571 g/mol. The highest BCUT2D eigenvalue weighted by Gasteiger charge is 2.62. The first kappa shape index (κ1) is 26.8. The first-order valence-corrected chi connectivity index (χ1v) is 14.3. The Bertz CT molecular complexity index is 1350. The largest absolute Gasteiger partial charge is 0.351 e. The quantitative estimate of drug-likeness (QED) is 0.518. The molecule has 2 atom stereocenters. The molecule has 1 unspecified atom stereocenters. The van der Waals surface area contributed by atoms with Gasteiger partial charge in [0, 0.05) is 43.1 Å². The zero-order valence-corrected chi connectivity index (χ0v) is 23.1. The van der Waals surface area contributed by atoms with Gasteiger partial charge in [-0.25, -0.2) is 0 Å². The summed E-state index contributed by atoms with van der Waals surface area (Å²) >= 11 is 1.18. The lowest BCUT2D eigenvalue weighted by molar-refractivity contribution is -0.154. The third-order valence-electron chi connectivity index (χ3n) is 8.94. The lowest BCUT2D eigenvalue weighted by Gasteiger charge is -2.50. The number of hydrogen-bond donors (Lipinski definition) is 2. The number of hydrogen-bond acceptors (Lipinski definition) is 6. The lowest BCUT2D eigenvalue weighted by atomic mass is 9.71. The zero-order chi connectivity index (χ0) is 28.4. The van der Waals surface area contributed by atoms with Crippen molar-refractivity contribution in [3.05, 3.63) is 52.0 Å². The van der Waals surface area contributed by atoms with Crippen LogP contribution in [-0.2, 0) is 20.3 Å². The van der Waals surface area contributed by atoms with Gasteiger partial charge >= 0.3 is 11.8 Å². The summed E-state index contributed by atoms with van der Waals surface area (Å²) in [6.45, 7) is 4.89. The fraction of sp³-hybridized carbons (Fsp3) is 0.536. The van der Waals surface area contributed by atoms with Crippen LogP contribution in [0, 0.1) is 22.7 Å². The summed E-state index contributed by atoms with van der Waals surface area (Å²) in [4.78, 5) is 59.4. The minimum atomic E-state index is -3.85. The number of aromatic nitrogens is 1. The van der Waals surface area contributed by atoms with Gasteiger partial charge in [0.15, 0.2) is 0 Å². The molecule has 1 aromatic heterocycles. The van der Waals surface area contributed by atoms with Crippen LogP contribution in [-0.4, -0.2) is 64.6 Å². The predicted octanol–water partition coefficient (Wildman–Crippen LogP) is 2.91. The smallest absolute Gasteiger partial charge is 0.341 e. The maximum Gasteiger partial charge on any atom is 0.351 e. The Morgan fingerprint density at radius 3 is 2.23 bits per heavy atom. The van der Waals surface area contributed by atoms with Gasteiger partial charge in [-0.1, -0.05) is 38.1 Å². The summed E-state index contributed by atoms with van der Waals surface area (Å²) in [5.41, 5.74) is 5.35. The first-order valence-electron chi connectivity index (χ1n) is 13.5. The van der Waals surface area contributed by atoms with E-state index in [1.165, 1.54) is 29.7 Å². The molecule has 0 radical (unpaired) electrons. The van der Waals surface area contributed by atoms with Gasteiger partial charge in [-0.15, -0.1) is 11.3 Å². The van der Waals surface area contributed by atoms with E-state index in [9.17, 15) is 28.0 Å². The van der Waals surface area contributed by atoms with Gasteiger partial charge in [-0.3, -0.25) is 35.0 Å². The summed E-state index contributed by atoms with van der Waals surface area (Å²) in [5, 5.41) is 0. The number of likely N-dealkylation sites (tertiary alicyclic amines) is 2. The fourth-order valence-corrected chi connectivity index (χ4v) is 6.64. The molecule has 212 valence electrons. The molecule has 4 aliphatic rings. The minimum absolute atomic E-state index is 0.0302. The number of nitrogens with one attached hydrogen (secondary N) is 2. The molecule has 2 aliphatic carbocycles. The molecule has 1 aromatic carbocycles. The van der Waals surface area contributed by atoms with Crippen LogP contribution in [0.4, 0.5) is 8.78 Å². The second kappa shape index (κ2) is 9.32. The van der Waals surface area contributed by atoms with Gasteiger partial charge in [0.2, 0.25) is 11.8 Å². The van der Waals surface area contributed by atoms with Crippen LogP contribution >= 0.6 is 11.3 Å². The summed E-state index contributed by atoms with van der Waals surface area (Å²) < 4.78 is 29.8. The number of nitrogens with zero attached hydrogens (tertiary/aromatic N) is 3. The Hall–Kier alpha value is -3.41. The molecular formula is C28H31F2N5O4S. The summed E-state index contributed by atoms with van der Waals surface area (Å²) in [7, 11) is 0. The van der Waals surface area contributed by atoms with Crippen LogP contribution in [0.5, 0.6) is 0 Å². The van der Waals surface area contributed by atoms with E-state index in [0.29, 0.717) is 10.8 Å². The van der Waals surface area contributed by atoms with Gasteiger partial charge in [0.05, 0.1) is 17.6 Å². The first-order chi connectivity index (χ1) is 18.9. The Morgan fingerprint density at radius 2 is 1.65 bits per heavy atom. The van der Waals surface area contributed by atoms with Crippen molar-refractivity contribution in [3.63, 3.8) is 0 Å². The molecule has 3 heterocycles. The van der Waals surface area contributed by atoms with Gasteiger partial charge in [0.1, 0.15) is 4.88 Å². The van der Waals surface area contributed by atoms with Crippen LogP contribution in [0.1, 0.15) is 59.8 Å². The topological polar surface area (TPSA) is 112 Å². The maximum absolute atomic E-state index is 14.9. The average Bonchev–Trinajstić information content (AvgIpc) is 3.73. The van der Waals surface area contributed by atoms with Crippen molar-refractivity contribution in [2.75, 3.05) is 26.2 Å². The summed E-state index contributed by atoms with van der Waals surface area (Å²) in [6.07, 6.45) is 4.32. The number of benzene rings is 1. The normalized spacial score (nSPS) is 24.4. The zero-order valence-electron chi connectivity index (χ0n) is 22.3. The number of carbonyl (C=O) groups excluding carboxylic acids is 4. The van der Waals surface area contributed by atoms with E-state index in [-0.39, 0.29) is 49.3 Å². The van der Waals surface area contributed by atoms with E-state index < -0.39 is 34.6 Å². The SMILES string of the molecule is CC1(C)C[C@@H]1C(=O)N1CC2(CN(C(=O)c3cncs3)CC2C(=O)NNC(=O)C(F)(F)c2ccc(C3CC3)cc2)C1. The molecule has 40 heavy (non-hydrogen) atoms. The molecular weight excluding hydrogens is 540 g/mol. The van der Waals surface area contributed by atoms with Crippen molar-refractivity contribution in [1.82, 2.24) is 25.6 Å². The average molecular weight is 572 g/mol. The Morgan fingerprint density at radius 1 is 1.00 bits per heavy atom. The number of rotatable bonds is 6. The van der Waals surface area contributed by atoms with E-state index in [4.69, 9.17) is 0 Å². The van der Waals surface area contributed by atoms with Gasteiger partial charge in [-0.05, 0) is 36.2 Å². The highest BCUT2D eigenvalue weighted by atomic mass is 32.1. The van der Waals surface area contributed by atoms with Crippen LogP contribution in [0.25, 0.3) is 0 Å². The van der Waals surface area contributed by atoms with Gasteiger partial charge in [0.25, 0.3) is 5.91 Å². The van der Waals surface area contributed by atoms with Crippen LogP contribution in [0.2, 0.25) is 0 Å².